The van der Waals surface area contributed by atoms with Crippen molar-refractivity contribution in [1.82, 2.24) is 15.3 Å². The minimum Gasteiger partial charge on any atom is -0.359 e. The zero-order chi connectivity index (χ0) is 18.5. The van der Waals surface area contributed by atoms with Crippen LogP contribution in [0.5, 0.6) is 5.88 Å². The van der Waals surface area contributed by atoms with Gasteiger partial charge in [0.25, 0.3) is 5.91 Å². The molecule has 1 amide bonds. The Morgan fingerprint density at radius 2 is 1.81 bits per heavy atom. The van der Waals surface area contributed by atoms with Gasteiger partial charge in [0, 0.05) is 6.07 Å². The number of nitrogens with zero attached hydrogens (tertiary/aromatic N) is 2. The Kier molecular flexibility index (Phi) is 5.37. The summed E-state index contributed by atoms with van der Waals surface area (Å²) in [6, 6.07) is 19.4. The summed E-state index contributed by atoms with van der Waals surface area (Å²) in [5.41, 5.74) is 6.39. The number of aromatic nitrogens is 2. The Morgan fingerprint density at radius 3 is 2.50 bits per heavy atom. The molecular weight excluding hydrogens is 326 g/mol. The molecule has 3 aromatic rings. The number of para-hydroxylation sites is 1. The minimum atomic E-state index is -0.259. The lowest BCUT2D eigenvalue weighted by Crippen LogP contribution is -2.33. The molecule has 0 spiro atoms. The molecular formula is C21H23N3O2. The molecule has 0 saturated heterocycles. The summed E-state index contributed by atoms with van der Waals surface area (Å²) in [7, 11) is 0. The van der Waals surface area contributed by atoms with Crippen LogP contribution >= 0.6 is 0 Å². The molecule has 0 aliphatic heterocycles. The maximum atomic E-state index is 12.7. The first-order valence-electron chi connectivity index (χ1n) is 8.74. The zero-order valence-corrected chi connectivity index (χ0v) is 15.3. The van der Waals surface area contributed by atoms with Crippen LogP contribution in [0.3, 0.4) is 0 Å². The Bertz CT molecular complexity index is 887. The van der Waals surface area contributed by atoms with Crippen LogP contribution in [-0.2, 0) is 4.79 Å². The number of benzene rings is 2. The summed E-state index contributed by atoms with van der Waals surface area (Å²) >= 11 is 0. The molecule has 1 atom stereocenters. The van der Waals surface area contributed by atoms with Gasteiger partial charge >= 0.3 is 0 Å². The number of amides is 1. The molecule has 5 nitrogen and oxygen atoms in total. The van der Waals surface area contributed by atoms with E-state index in [2.05, 4.69) is 10.6 Å². The van der Waals surface area contributed by atoms with Gasteiger partial charge in [0.15, 0.2) is 0 Å². The molecule has 0 aliphatic carbocycles. The van der Waals surface area contributed by atoms with Gasteiger partial charge in [-0.25, -0.2) is 0 Å². The van der Waals surface area contributed by atoms with E-state index < -0.39 is 0 Å². The maximum Gasteiger partial charge on any atom is 0.260 e. The Morgan fingerprint density at radius 1 is 1.12 bits per heavy atom. The summed E-state index contributed by atoms with van der Waals surface area (Å²) < 4.78 is 1.67. The quantitative estimate of drug-likeness (QED) is 0.682. The largest absolute Gasteiger partial charge is 0.359 e. The van der Waals surface area contributed by atoms with E-state index >= 15 is 0 Å². The summed E-state index contributed by atoms with van der Waals surface area (Å²) in [5, 5.41) is 4.44. The molecule has 1 aromatic heterocycles. The van der Waals surface area contributed by atoms with Crippen LogP contribution in [0.15, 0.2) is 60.7 Å². The average molecular weight is 349 g/mol. The van der Waals surface area contributed by atoms with E-state index in [4.69, 9.17) is 4.84 Å². The number of hydroxylamine groups is 1. The predicted molar refractivity (Wildman–Crippen MR) is 101 cm³/mol. The SMILES string of the molecule is CCC(C(=O)NOc1cc(C)nn1-c1ccccc1)c1ccccc1C. The lowest BCUT2D eigenvalue weighted by molar-refractivity contribution is -0.129. The summed E-state index contributed by atoms with van der Waals surface area (Å²) in [4.78, 5) is 18.3. The Balaban J connectivity index is 1.77. The molecule has 5 heteroatoms. The lowest BCUT2D eigenvalue weighted by Gasteiger charge is -2.17. The van der Waals surface area contributed by atoms with Gasteiger partial charge in [-0.15, -0.1) is 0 Å². The van der Waals surface area contributed by atoms with E-state index in [1.807, 2.05) is 75.4 Å². The second kappa shape index (κ2) is 7.87. The normalized spacial score (nSPS) is 11.8. The van der Waals surface area contributed by atoms with E-state index in [-0.39, 0.29) is 11.8 Å². The monoisotopic (exact) mass is 349 g/mol. The first-order valence-corrected chi connectivity index (χ1v) is 8.74. The standard InChI is InChI=1S/C21H23N3O2/c1-4-18(19-13-9-8-10-15(19)2)21(25)23-26-20-14-16(3)22-24(20)17-11-6-5-7-12-17/h5-14,18H,4H2,1-3H3,(H,23,25). The van der Waals surface area contributed by atoms with Crippen molar-refractivity contribution < 1.29 is 9.63 Å². The van der Waals surface area contributed by atoms with Gasteiger partial charge in [-0.2, -0.15) is 15.3 Å². The average Bonchev–Trinajstić information content (AvgIpc) is 3.03. The van der Waals surface area contributed by atoms with E-state index in [1.54, 1.807) is 10.7 Å². The van der Waals surface area contributed by atoms with Crippen LogP contribution in [-0.4, -0.2) is 15.7 Å². The van der Waals surface area contributed by atoms with Gasteiger partial charge in [0.2, 0.25) is 5.88 Å². The highest BCUT2D eigenvalue weighted by atomic mass is 16.7. The number of rotatable bonds is 6. The number of carbonyl (C=O) groups is 1. The molecule has 0 bridgehead atoms. The summed E-state index contributed by atoms with van der Waals surface area (Å²) in [5.74, 6) is 0.0485. The minimum absolute atomic E-state index is 0.166. The summed E-state index contributed by atoms with van der Waals surface area (Å²) in [6.07, 6.45) is 0.691. The molecule has 0 aliphatic rings. The van der Waals surface area contributed by atoms with Crippen LogP contribution in [0.2, 0.25) is 0 Å². The maximum absolute atomic E-state index is 12.7. The topological polar surface area (TPSA) is 56.1 Å². The number of hydrogen-bond donors (Lipinski definition) is 1. The Labute approximate surface area is 153 Å². The molecule has 1 N–H and O–H groups in total. The second-order valence-corrected chi connectivity index (χ2v) is 6.26. The third kappa shape index (κ3) is 3.77. The molecule has 0 saturated carbocycles. The molecule has 0 radical (unpaired) electrons. The molecule has 26 heavy (non-hydrogen) atoms. The van der Waals surface area contributed by atoms with Gasteiger partial charge in [0.1, 0.15) is 0 Å². The molecule has 0 fully saturated rings. The number of aryl methyl sites for hydroxylation is 2. The van der Waals surface area contributed by atoms with Crippen molar-refractivity contribution in [3.05, 3.63) is 77.5 Å². The van der Waals surface area contributed by atoms with E-state index in [0.29, 0.717) is 12.3 Å². The fourth-order valence-corrected chi connectivity index (χ4v) is 3.00. The fourth-order valence-electron chi connectivity index (χ4n) is 3.00. The van der Waals surface area contributed by atoms with Gasteiger partial charge in [-0.3, -0.25) is 4.79 Å². The fraction of sp³-hybridized carbons (Fsp3) is 0.238. The number of hydrogen-bond acceptors (Lipinski definition) is 3. The highest BCUT2D eigenvalue weighted by Crippen LogP contribution is 2.24. The number of carbonyl (C=O) groups excluding carboxylic acids is 1. The van der Waals surface area contributed by atoms with Crippen molar-refractivity contribution in [2.45, 2.75) is 33.1 Å². The van der Waals surface area contributed by atoms with Crippen LogP contribution < -0.4 is 10.3 Å². The molecule has 1 unspecified atom stereocenters. The van der Waals surface area contributed by atoms with Gasteiger partial charge in [-0.1, -0.05) is 49.4 Å². The van der Waals surface area contributed by atoms with Gasteiger partial charge < -0.3 is 4.84 Å². The lowest BCUT2D eigenvalue weighted by atomic mass is 9.92. The van der Waals surface area contributed by atoms with Crippen molar-refractivity contribution in [2.24, 2.45) is 0 Å². The van der Waals surface area contributed by atoms with Crippen LogP contribution in [0.4, 0.5) is 0 Å². The van der Waals surface area contributed by atoms with Crippen molar-refractivity contribution in [2.75, 3.05) is 0 Å². The van der Waals surface area contributed by atoms with Crippen molar-refractivity contribution >= 4 is 5.91 Å². The number of nitrogens with one attached hydrogen (secondary N) is 1. The second-order valence-electron chi connectivity index (χ2n) is 6.26. The van der Waals surface area contributed by atoms with Crippen molar-refractivity contribution in [3.8, 4) is 11.6 Å². The summed E-state index contributed by atoms with van der Waals surface area (Å²) in [6.45, 7) is 5.89. The third-order valence-corrected chi connectivity index (χ3v) is 4.34. The first-order chi connectivity index (χ1) is 12.6. The third-order valence-electron chi connectivity index (χ3n) is 4.34. The van der Waals surface area contributed by atoms with Crippen LogP contribution in [0.1, 0.15) is 36.1 Å². The van der Waals surface area contributed by atoms with Gasteiger partial charge in [0.05, 0.1) is 17.3 Å². The van der Waals surface area contributed by atoms with Crippen molar-refractivity contribution in [1.29, 1.82) is 0 Å². The van der Waals surface area contributed by atoms with E-state index in [9.17, 15) is 4.79 Å². The van der Waals surface area contributed by atoms with E-state index in [1.165, 1.54) is 0 Å². The predicted octanol–water partition coefficient (Wildman–Crippen LogP) is 4.09. The van der Waals surface area contributed by atoms with Crippen LogP contribution in [0, 0.1) is 13.8 Å². The Hall–Kier alpha value is -3.08. The highest BCUT2D eigenvalue weighted by Gasteiger charge is 2.21. The first kappa shape index (κ1) is 17.7. The molecule has 2 aromatic carbocycles. The smallest absolute Gasteiger partial charge is 0.260 e. The molecule has 134 valence electrons. The molecule has 1 heterocycles. The van der Waals surface area contributed by atoms with Crippen LogP contribution in [0.25, 0.3) is 5.69 Å². The highest BCUT2D eigenvalue weighted by molar-refractivity contribution is 5.83. The molecule has 3 rings (SSSR count). The van der Waals surface area contributed by atoms with Crippen molar-refractivity contribution in [3.63, 3.8) is 0 Å². The van der Waals surface area contributed by atoms with Gasteiger partial charge in [-0.05, 0) is 43.5 Å². The van der Waals surface area contributed by atoms with E-state index in [0.717, 1.165) is 22.5 Å². The zero-order valence-electron chi connectivity index (χ0n) is 15.3.